The van der Waals surface area contributed by atoms with E-state index in [9.17, 15) is 14.9 Å². The lowest BCUT2D eigenvalue weighted by molar-refractivity contribution is 0.103. The summed E-state index contributed by atoms with van der Waals surface area (Å²) in [5.74, 6) is -0.411. The Bertz CT molecular complexity index is 5310. The van der Waals surface area contributed by atoms with E-state index in [1.807, 2.05) is 40.2 Å². The van der Waals surface area contributed by atoms with Crippen LogP contribution in [-0.2, 0) is 36.5 Å². The van der Waals surface area contributed by atoms with Crippen molar-refractivity contribution in [1.29, 1.82) is 5.26 Å². The molecule has 5 aromatic carbocycles. The maximum atomic E-state index is 14.7. The second kappa shape index (κ2) is 30.0. The molecule has 0 unspecified atom stereocenters. The minimum absolute atomic E-state index is 0.122. The maximum absolute atomic E-state index is 14.7. The number of allylic oxidation sites excluding steroid dienone is 6. The van der Waals surface area contributed by atoms with Gasteiger partial charge in [0.1, 0.15) is 0 Å². The van der Waals surface area contributed by atoms with Crippen molar-refractivity contribution in [2.45, 2.75) is 174 Å². The quantitative estimate of drug-likeness (QED) is 0.0235. The summed E-state index contributed by atoms with van der Waals surface area (Å²) < 4.78 is 4.58. The number of ketones is 2. The molecule has 4 aliphatic rings. The second-order valence-corrected chi connectivity index (χ2v) is 35.0. The van der Waals surface area contributed by atoms with Crippen LogP contribution in [0.25, 0.3) is 72.7 Å². The van der Waals surface area contributed by atoms with Crippen molar-refractivity contribution in [2.75, 3.05) is 0 Å². The third-order valence-electron chi connectivity index (χ3n) is 21.8. The van der Waals surface area contributed by atoms with Crippen LogP contribution in [-0.4, -0.2) is 11.6 Å². The van der Waals surface area contributed by atoms with Gasteiger partial charge in [-0.3, -0.25) is 9.59 Å². The largest absolute Gasteiger partial charge is 0.289 e. The highest BCUT2D eigenvalue weighted by molar-refractivity contribution is 7.31. The molecule has 0 saturated heterocycles. The summed E-state index contributed by atoms with van der Waals surface area (Å²) in [5.41, 5.74) is 18.9. The van der Waals surface area contributed by atoms with Crippen LogP contribution in [0.3, 0.4) is 0 Å². The molecule has 516 valence electrons. The molecule has 6 aromatic heterocycles. The Kier molecular flexibility index (Phi) is 20.6. The molecule has 0 radical (unpaired) electrons. The first-order valence-electron chi connectivity index (χ1n) is 36.7. The molecular weight excluding hydrogens is 1420 g/mol. The van der Waals surface area contributed by atoms with E-state index >= 15 is 0 Å². The lowest BCUT2D eigenvalue weighted by atomic mass is 9.65. The second-order valence-electron chi connectivity index (χ2n) is 28.1. The standard InChI is InChI=1S/C90H79Cl2N3O2S6/c1-8-12-16-20-24-54-28-36-58(37-29-54)89(59-38-30-55(31-39-59)25-21-17-13-9-2)68-49-65-69(48-64(68)83-79(89)85-73(102-83)46-62(100-85)44-66-75(53(5)94-6)87-77(81(66)96)70(91)51-98-87)90(60-40-32-56(33-41-60)26-22-18-14-10-3,61-42-34-57(35-43-61)27-23-19-15-11-4)80-84(65)103-74-47-63(101-86(74)80)45-67-76(72(50-93)95-7)88-78(82(67)97)71(92)52-99-88/h28-49,51-52H,8-27H2,1-5H3/b66-44?,67-45?,75-53+,76-72-. The van der Waals surface area contributed by atoms with E-state index < -0.39 is 10.8 Å². The minimum atomic E-state index is -0.829. The average Bonchev–Trinajstić information content (AvgIpc) is 1.49. The number of halogens is 2. The number of aryl methyl sites for hydroxylation is 4. The number of rotatable bonds is 26. The number of thiophene rings is 6. The molecule has 0 aliphatic heterocycles. The molecule has 103 heavy (non-hydrogen) atoms. The van der Waals surface area contributed by atoms with Crippen LogP contribution >= 0.6 is 91.2 Å². The number of hydrogen-bond donors (Lipinski definition) is 0. The topological polar surface area (TPSA) is 66.7 Å². The van der Waals surface area contributed by atoms with Crippen molar-refractivity contribution in [3.05, 3.63) is 285 Å². The molecule has 0 bridgehead atoms. The molecule has 11 aromatic rings. The average molecular weight is 1500 g/mol. The molecule has 6 heterocycles. The summed E-state index contributed by atoms with van der Waals surface area (Å²) in [4.78, 5) is 42.5. The number of unbranched alkanes of at least 4 members (excludes halogenated alkanes) is 12. The van der Waals surface area contributed by atoms with Crippen molar-refractivity contribution in [1.82, 2.24) is 0 Å². The minimum Gasteiger partial charge on any atom is -0.289 e. The third-order valence-corrected chi connectivity index (χ3v) is 29.4. The van der Waals surface area contributed by atoms with Gasteiger partial charge in [0.2, 0.25) is 0 Å². The van der Waals surface area contributed by atoms with Crippen LogP contribution in [0.1, 0.15) is 244 Å². The van der Waals surface area contributed by atoms with E-state index in [0.717, 1.165) is 80.1 Å². The van der Waals surface area contributed by atoms with E-state index in [-0.39, 0.29) is 17.3 Å². The number of fused-ring (bicyclic) bond motifs is 12. The molecule has 0 atom stereocenters. The maximum Gasteiger partial charge on any atom is 0.271 e. The fourth-order valence-electron chi connectivity index (χ4n) is 16.7. The zero-order chi connectivity index (χ0) is 71.3. The molecule has 0 N–H and O–H groups in total. The Labute approximate surface area is 639 Å². The smallest absolute Gasteiger partial charge is 0.271 e. The van der Waals surface area contributed by atoms with E-state index in [2.05, 4.69) is 165 Å². The van der Waals surface area contributed by atoms with Crippen LogP contribution in [0.5, 0.6) is 0 Å². The predicted molar refractivity (Wildman–Crippen MR) is 441 cm³/mol. The Balaban J connectivity index is 1.01. The van der Waals surface area contributed by atoms with Gasteiger partial charge in [-0.25, -0.2) is 15.0 Å². The van der Waals surface area contributed by atoms with E-state index in [4.69, 9.17) is 36.3 Å². The lowest BCUT2D eigenvalue weighted by Crippen LogP contribution is -2.30. The molecule has 5 nitrogen and oxygen atoms in total. The first kappa shape index (κ1) is 70.8. The van der Waals surface area contributed by atoms with Crippen molar-refractivity contribution in [3.8, 4) is 27.0 Å². The number of hydrogen-bond acceptors (Lipinski definition) is 9. The predicted octanol–water partition coefficient (Wildman–Crippen LogP) is 28.3. The molecular formula is C90H79Cl2N3O2S6. The van der Waals surface area contributed by atoms with Crippen LogP contribution < -0.4 is 0 Å². The van der Waals surface area contributed by atoms with E-state index in [0.29, 0.717) is 54.0 Å². The Morgan fingerprint density at radius 3 is 1.15 bits per heavy atom. The number of nitriles is 1. The summed E-state index contributed by atoms with van der Waals surface area (Å²) in [6.07, 6.45) is 26.9. The molecule has 4 aliphatic carbocycles. The summed E-state index contributed by atoms with van der Waals surface area (Å²) in [6.45, 7) is 27.2. The first-order chi connectivity index (χ1) is 50.3. The van der Waals surface area contributed by atoms with Gasteiger partial charge in [0, 0.05) is 82.8 Å². The van der Waals surface area contributed by atoms with Crippen LogP contribution in [0.2, 0.25) is 10.0 Å². The zero-order valence-electron chi connectivity index (χ0n) is 58.9. The highest BCUT2D eigenvalue weighted by Gasteiger charge is 2.55. The molecule has 0 amide bonds. The molecule has 0 spiro atoms. The number of carbonyl (C=O) groups excluding carboxylic acids is 2. The number of carbonyl (C=O) groups is 2. The highest BCUT2D eigenvalue weighted by Crippen LogP contribution is 2.68. The molecule has 0 fully saturated rings. The van der Waals surface area contributed by atoms with Gasteiger partial charge in [-0.05, 0) is 161 Å². The van der Waals surface area contributed by atoms with Crippen LogP contribution in [0.4, 0.5) is 0 Å². The Hall–Kier alpha value is -7.83. The Morgan fingerprint density at radius 1 is 0.466 bits per heavy atom. The third kappa shape index (κ3) is 12.2. The van der Waals surface area contributed by atoms with Crippen molar-refractivity contribution in [3.63, 3.8) is 0 Å². The number of benzene rings is 5. The molecule has 0 saturated carbocycles. The highest BCUT2D eigenvalue weighted by atomic mass is 35.5. The Morgan fingerprint density at radius 2 is 0.816 bits per heavy atom. The van der Waals surface area contributed by atoms with Gasteiger partial charge in [0.05, 0.1) is 60.6 Å². The van der Waals surface area contributed by atoms with E-state index in [1.165, 1.54) is 192 Å². The monoisotopic (exact) mass is 1500 g/mol. The first-order valence-corrected chi connectivity index (χ1v) is 42.5. The SMILES string of the molecule is [C-]#[N+]/C(C#N)=C1/C(=Cc2cc3sc4c(c3s2)C(c2ccc(CCCCCC)cc2)(c2ccc(CCCCCC)cc2)c2cc3c(cc2-4)C(c2ccc(CCCCCC)cc2)(c2ccc(CCCCCC)cc2)c2c-3sc3cc(C=C4C(=O)c5c(Cl)csc5/C4=C(\C)[N+]#[C-])sc23)C(=O)c2c(Cl)csc21. The van der Waals surface area contributed by atoms with Crippen molar-refractivity contribution in [2.24, 2.45) is 0 Å². The van der Waals surface area contributed by atoms with Gasteiger partial charge < -0.3 is 0 Å². The summed E-state index contributed by atoms with van der Waals surface area (Å²) >= 11 is 23.4. The normalized spacial score (nSPS) is 16.2. The van der Waals surface area contributed by atoms with Crippen molar-refractivity contribution < 1.29 is 9.59 Å². The van der Waals surface area contributed by atoms with Gasteiger partial charge >= 0.3 is 0 Å². The van der Waals surface area contributed by atoms with Crippen molar-refractivity contribution >= 4 is 145 Å². The van der Waals surface area contributed by atoms with Gasteiger partial charge in [0.15, 0.2) is 17.3 Å². The summed E-state index contributed by atoms with van der Waals surface area (Å²) in [5, 5.41) is 14.7. The number of nitrogens with zero attached hydrogens (tertiary/aromatic N) is 3. The van der Waals surface area contributed by atoms with Gasteiger partial charge in [-0.15, -0.1) is 68.0 Å². The molecule has 13 heteroatoms. The molecule has 15 rings (SSSR count). The summed E-state index contributed by atoms with van der Waals surface area (Å²) in [6, 6.07) is 50.4. The van der Waals surface area contributed by atoms with Crippen LogP contribution in [0, 0.1) is 24.5 Å². The lowest BCUT2D eigenvalue weighted by Gasteiger charge is -2.36. The van der Waals surface area contributed by atoms with Crippen LogP contribution in [0.15, 0.2) is 155 Å². The van der Waals surface area contributed by atoms with Gasteiger partial charge in [-0.1, -0.05) is 225 Å². The van der Waals surface area contributed by atoms with Gasteiger partial charge in [0.25, 0.3) is 5.70 Å². The van der Waals surface area contributed by atoms with Gasteiger partial charge in [-0.2, -0.15) is 0 Å². The summed E-state index contributed by atoms with van der Waals surface area (Å²) in [7, 11) is 0. The zero-order valence-corrected chi connectivity index (χ0v) is 65.3. The van der Waals surface area contributed by atoms with E-state index in [1.54, 1.807) is 35.0 Å². The fourth-order valence-corrected chi connectivity index (χ4v) is 24.9. The number of Topliss-reactive ketones (excluding diaryl/α,β-unsaturated/α-hetero) is 2. The fraction of sp³-hybridized carbons (Fsp3) is 0.300.